The van der Waals surface area contributed by atoms with E-state index in [-0.39, 0.29) is 0 Å². The van der Waals surface area contributed by atoms with Gasteiger partial charge in [-0.3, -0.25) is 0 Å². The van der Waals surface area contributed by atoms with E-state index in [1.54, 1.807) is 24.3 Å². The van der Waals surface area contributed by atoms with Crippen LogP contribution < -0.4 is 0 Å². The lowest BCUT2D eigenvalue weighted by molar-refractivity contribution is -0.173. The maximum atomic E-state index is 11.6. The third-order valence-corrected chi connectivity index (χ3v) is 1.84. The van der Waals surface area contributed by atoms with Crippen LogP contribution in [-0.4, -0.2) is 19.0 Å². The molecule has 0 atom stereocenters. The van der Waals surface area contributed by atoms with E-state index in [2.05, 4.69) is 32.1 Å². The lowest BCUT2D eigenvalue weighted by Gasteiger charge is -2.02. The van der Waals surface area contributed by atoms with Gasteiger partial charge in [-0.2, -0.15) is 13.2 Å². The van der Waals surface area contributed by atoms with Crippen molar-refractivity contribution in [3.8, 4) is 0 Å². The molecule has 6 heteroatoms. The van der Waals surface area contributed by atoms with Crippen molar-refractivity contribution in [2.24, 2.45) is 5.16 Å². The molecule has 0 aliphatic carbocycles. The van der Waals surface area contributed by atoms with Crippen molar-refractivity contribution in [2.45, 2.75) is 6.18 Å². The van der Waals surface area contributed by atoms with E-state index in [9.17, 15) is 13.2 Å². The minimum atomic E-state index is -4.37. The normalized spacial score (nSPS) is 12.0. The van der Waals surface area contributed by atoms with Gasteiger partial charge in [0.15, 0.2) is 0 Å². The minimum absolute atomic E-state index is 0.542. The van der Waals surface area contributed by atoms with Crippen molar-refractivity contribution in [1.29, 1.82) is 0 Å². The lowest BCUT2D eigenvalue weighted by atomic mass is 10.2. The summed E-state index contributed by atoms with van der Waals surface area (Å²) in [5, 5.41) is 3.07. The van der Waals surface area contributed by atoms with Crippen LogP contribution in [0.5, 0.6) is 0 Å². The summed E-state index contributed by atoms with van der Waals surface area (Å²) in [6.45, 7) is -1.41. The summed E-state index contributed by atoms with van der Waals surface area (Å²) in [4.78, 5) is 4.01. The summed E-state index contributed by atoms with van der Waals surface area (Å²) in [5.74, 6) is 0. The predicted molar refractivity (Wildman–Crippen MR) is 52.7 cm³/mol. The summed E-state index contributed by atoms with van der Waals surface area (Å²) >= 11 is 3.21. The van der Waals surface area contributed by atoms with Gasteiger partial charge in [0.05, 0.1) is 0 Å². The molecule has 0 aromatic heterocycles. The summed E-state index contributed by atoms with van der Waals surface area (Å²) in [6, 6.07) is 6.73. The van der Waals surface area contributed by atoms with Crippen molar-refractivity contribution in [1.82, 2.24) is 0 Å². The number of hydrogen-bond acceptors (Lipinski definition) is 2. The number of halogens is 4. The molecule has 15 heavy (non-hydrogen) atoms. The first-order chi connectivity index (χ1) is 6.97. The molecule has 1 aromatic rings. The molecule has 0 saturated carbocycles. The second-order valence-corrected chi connectivity index (χ2v) is 3.51. The van der Waals surface area contributed by atoms with E-state index in [1.165, 1.54) is 0 Å². The van der Waals surface area contributed by atoms with Gasteiger partial charge >= 0.3 is 6.18 Å². The van der Waals surface area contributed by atoms with Crippen LogP contribution in [0.25, 0.3) is 0 Å². The molecule has 2 nitrogen and oxygen atoms in total. The molecule has 0 heterocycles. The summed E-state index contributed by atoms with van der Waals surface area (Å²) < 4.78 is 35.7. The summed E-state index contributed by atoms with van der Waals surface area (Å²) in [5.41, 5.74) is 0.542. The summed E-state index contributed by atoms with van der Waals surface area (Å²) in [7, 11) is 0. The van der Waals surface area contributed by atoms with Crippen molar-refractivity contribution in [3.63, 3.8) is 0 Å². The van der Waals surface area contributed by atoms with Gasteiger partial charge in [0.2, 0.25) is 6.61 Å². The topological polar surface area (TPSA) is 21.6 Å². The molecule has 0 bridgehead atoms. The van der Waals surface area contributed by atoms with Gasteiger partial charge in [-0.05, 0) is 12.1 Å². The Hall–Kier alpha value is -1.04. The fraction of sp³-hybridized carbons (Fsp3) is 0.222. The first kappa shape index (κ1) is 12.0. The second kappa shape index (κ2) is 5.16. The largest absolute Gasteiger partial charge is 0.425 e. The molecule has 0 saturated heterocycles. The van der Waals surface area contributed by atoms with Crippen molar-refractivity contribution in [2.75, 3.05) is 6.61 Å². The average Bonchev–Trinajstić information content (AvgIpc) is 2.14. The van der Waals surface area contributed by atoms with Crippen LogP contribution in [0.15, 0.2) is 33.9 Å². The Morgan fingerprint density at radius 2 is 1.87 bits per heavy atom. The third-order valence-electron chi connectivity index (χ3n) is 1.31. The van der Waals surface area contributed by atoms with Crippen LogP contribution in [0, 0.1) is 0 Å². The molecule has 0 unspecified atom stereocenters. The quantitative estimate of drug-likeness (QED) is 0.615. The zero-order valence-corrected chi connectivity index (χ0v) is 8.97. The fourth-order valence-corrected chi connectivity index (χ4v) is 0.979. The van der Waals surface area contributed by atoms with Crippen molar-refractivity contribution in [3.05, 3.63) is 34.3 Å². The van der Waals surface area contributed by atoms with Crippen LogP contribution in [-0.2, 0) is 4.84 Å². The second-order valence-electron chi connectivity index (χ2n) is 2.60. The van der Waals surface area contributed by atoms with Crippen molar-refractivity contribution < 1.29 is 18.0 Å². The van der Waals surface area contributed by atoms with Gasteiger partial charge in [-0.25, -0.2) is 0 Å². The Morgan fingerprint density at radius 3 is 2.40 bits per heavy atom. The molecular weight excluding hydrogens is 275 g/mol. The van der Waals surface area contributed by atoms with E-state index >= 15 is 0 Å². The smallest absolute Gasteiger partial charge is 0.386 e. The minimum Gasteiger partial charge on any atom is -0.386 e. The molecule has 0 amide bonds. The zero-order valence-electron chi connectivity index (χ0n) is 7.38. The molecule has 0 fully saturated rings. The number of benzene rings is 1. The van der Waals surface area contributed by atoms with Crippen LogP contribution in [0.2, 0.25) is 0 Å². The molecular formula is C9H6BrF3NO. The molecule has 1 rings (SSSR count). The van der Waals surface area contributed by atoms with Gasteiger partial charge in [0, 0.05) is 10.0 Å². The van der Waals surface area contributed by atoms with E-state index in [1.807, 2.05) is 0 Å². The van der Waals surface area contributed by atoms with Crippen LogP contribution in [0.4, 0.5) is 13.2 Å². The molecule has 81 valence electrons. The highest BCUT2D eigenvalue weighted by Gasteiger charge is 2.28. The molecule has 0 N–H and O–H groups in total. The molecule has 0 spiro atoms. The Labute approximate surface area is 92.9 Å². The predicted octanol–water partition coefficient (Wildman–Crippen LogP) is 3.24. The molecule has 0 aliphatic rings. The SMILES string of the molecule is FC(F)(F)CO/N=[C]\c1ccc(Br)cc1. The Morgan fingerprint density at radius 1 is 1.27 bits per heavy atom. The molecule has 1 radical (unpaired) electrons. The standard InChI is InChI=1S/C9H6BrF3NO/c10-8-3-1-7(2-4-8)5-14-15-6-9(11,12)13/h1-4H,6H2. The maximum absolute atomic E-state index is 11.6. The van der Waals surface area contributed by atoms with E-state index in [0.717, 1.165) is 4.47 Å². The molecule has 1 aromatic carbocycles. The Kier molecular flexibility index (Phi) is 4.14. The third kappa shape index (κ3) is 5.41. The number of hydrogen-bond donors (Lipinski definition) is 0. The lowest BCUT2D eigenvalue weighted by Crippen LogP contribution is -2.14. The van der Waals surface area contributed by atoms with Crippen LogP contribution >= 0.6 is 15.9 Å². The van der Waals surface area contributed by atoms with E-state index in [0.29, 0.717) is 5.56 Å². The van der Waals surface area contributed by atoms with Crippen LogP contribution in [0.1, 0.15) is 5.56 Å². The first-order valence-electron chi connectivity index (χ1n) is 3.88. The van der Waals surface area contributed by atoms with E-state index < -0.39 is 12.8 Å². The van der Waals surface area contributed by atoms with Crippen LogP contribution in [0.3, 0.4) is 0 Å². The Balaban J connectivity index is 2.42. The number of rotatable bonds is 3. The monoisotopic (exact) mass is 280 g/mol. The van der Waals surface area contributed by atoms with E-state index in [4.69, 9.17) is 0 Å². The highest BCUT2D eigenvalue weighted by molar-refractivity contribution is 9.10. The Bertz CT molecular complexity index is 334. The fourth-order valence-electron chi connectivity index (χ4n) is 0.715. The van der Waals surface area contributed by atoms with Crippen molar-refractivity contribution >= 4 is 22.1 Å². The number of nitrogens with zero attached hydrogens (tertiary/aromatic N) is 1. The van der Waals surface area contributed by atoms with Gasteiger partial charge < -0.3 is 4.84 Å². The first-order valence-corrected chi connectivity index (χ1v) is 4.67. The summed E-state index contributed by atoms with van der Waals surface area (Å²) in [6.07, 6.45) is -2.04. The van der Waals surface area contributed by atoms with Gasteiger partial charge in [0.25, 0.3) is 0 Å². The average molecular weight is 281 g/mol. The van der Waals surface area contributed by atoms with Gasteiger partial charge in [-0.1, -0.05) is 33.2 Å². The maximum Gasteiger partial charge on any atom is 0.425 e. The molecule has 0 aliphatic heterocycles. The number of alkyl halides is 3. The van der Waals surface area contributed by atoms with Gasteiger partial charge in [-0.15, -0.1) is 0 Å². The highest BCUT2D eigenvalue weighted by atomic mass is 79.9. The van der Waals surface area contributed by atoms with Gasteiger partial charge in [0.1, 0.15) is 6.21 Å². The highest BCUT2D eigenvalue weighted by Crippen LogP contribution is 2.14. The zero-order chi connectivity index (χ0) is 11.3.